The summed E-state index contributed by atoms with van der Waals surface area (Å²) in [6.07, 6.45) is 2.75. The van der Waals surface area contributed by atoms with Gasteiger partial charge in [0, 0.05) is 65.5 Å². The Labute approximate surface area is 351 Å². The minimum Gasteiger partial charge on any atom is -0.486 e. The zero-order valence-corrected chi connectivity index (χ0v) is 32.0. The summed E-state index contributed by atoms with van der Waals surface area (Å²) in [5.74, 6) is -0.233. The molecule has 3 aromatic carbocycles. The van der Waals surface area contributed by atoms with E-state index in [-0.39, 0.29) is 76.5 Å². The molecule has 8 rings (SSSR count). The molecule has 1 fully saturated rings. The van der Waals surface area contributed by atoms with Gasteiger partial charge < -0.3 is 14.4 Å². The molecule has 4 aromatic heterocycles. The molecule has 1 aliphatic rings. The third kappa shape index (κ3) is 9.03. The predicted octanol–water partition coefficient (Wildman–Crippen LogP) is 12.6. The van der Waals surface area contributed by atoms with Crippen LogP contribution in [0.1, 0.15) is 102 Å². The number of fused-ring (bicyclic) bond motifs is 3. The van der Waals surface area contributed by atoms with Crippen LogP contribution in [0.3, 0.4) is 0 Å². The first-order valence-corrected chi connectivity index (χ1v) is 17.3. The van der Waals surface area contributed by atoms with Gasteiger partial charge in [-0.1, -0.05) is 101 Å². The summed E-state index contributed by atoms with van der Waals surface area (Å²) in [4.78, 5) is 12.9. The van der Waals surface area contributed by atoms with E-state index < -0.39 is 45.6 Å². The first-order valence-electron chi connectivity index (χ1n) is 25.3. The van der Waals surface area contributed by atoms with Crippen molar-refractivity contribution in [3.05, 3.63) is 137 Å². The first kappa shape index (κ1) is 22.7. The topological polar surface area (TPSA) is 51.8 Å². The summed E-state index contributed by atoms with van der Waals surface area (Å²) in [5, 5.41) is 1.19. The number of rotatable bonds is 6. The van der Waals surface area contributed by atoms with Gasteiger partial charge >= 0.3 is 0 Å². The number of furan rings is 1. The number of hydrogen-bond donors (Lipinski definition) is 0. The van der Waals surface area contributed by atoms with Crippen LogP contribution in [0, 0.1) is 50.9 Å². The molecule has 1 radical (unpaired) electrons. The molecule has 0 bridgehead atoms. The van der Waals surface area contributed by atoms with E-state index in [9.17, 15) is 0 Å². The Morgan fingerprint density at radius 2 is 1.62 bits per heavy atom. The van der Waals surface area contributed by atoms with Crippen LogP contribution in [0.2, 0.25) is 0 Å². The molecule has 0 spiro atoms. The normalized spacial score (nSPS) is 19.2. The summed E-state index contributed by atoms with van der Waals surface area (Å²) in [7, 11) is 0. The van der Waals surface area contributed by atoms with Crippen molar-refractivity contribution < 1.29 is 46.5 Å². The summed E-state index contributed by atoms with van der Waals surface area (Å²) >= 11 is 0. The van der Waals surface area contributed by atoms with E-state index >= 15 is 0 Å². The van der Waals surface area contributed by atoms with Crippen molar-refractivity contribution in [3.8, 4) is 33.6 Å². The van der Waals surface area contributed by atoms with E-state index in [4.69, 9.17) is 26.3 Å². The van der Waals surface area contributed by atoms with Crippen LogP contribution in [0.25, 0.3) is 55.7 Å². The number of aryl methyl sites for hydroxylation is 4. The standard InChI is InChI=1S/C31H29N2O.C17H20N.Ir/c1-19-15-23(16-22-7-4-5-8-22)12-14-24(19)28-17-29(32-18-20(28)2)27-10-6-9-25-26-13-11-21(3)33-31(26)34-30(25)27;1-13-5-8-15(9-6-13)16-10-7-14(12-18-16)11-17(2,3)4;/h6,9,11-15,17-18,22H,4-5,7-8,16H2,1-3H3;5-8,10,12H,11H2,1-4H3;/q2*-1;/i1D3,2D3,3D3,16D2;1D3,11D2;. The van der Waals surface area contributed by atoms with Crippen molar-refractivity contribution in [2.24, 2.45) is 11.3 Å². The van der Waals surface area contributed by atoms with Crippen molar-refractivity contribution >= 4 is 22.1 Å². The Kier molecular flexibility index (Phi) is 6.98. The van der Waals surface area contributed by atoms with Crippen LogP contribution < -0.4 is 0 Å². The van der Waals surface area contributed by atoms with Gasteiger partial charge in [-0.05, 0) is 102 Å². The molecule has 7 aromatic rings. The fourth-order valence-electron chi connectivity index (χ4n) is 6.45. The molecule has 1 saturated carbocycles. The van der Waals surface area contributed by atoms with Crippen molar-refractivity contribution in [2.75, 3.05) is 0 Å². The molecule has 0 amide bonds. The van der Waals surface area contributed by atoms with E-state index in [1.165, 1.54) is 42.7 Å². The van der Waals surface area contributed by atoms with Crippen LogP contribution in [-0.2, 0) is 32.9 Å². The van der Waals surface area contributed by atoms with E-state index in [2.05, 4.69) is 27.1 Å². The summed E-state index contributed by atoms with van der Waals surface area (Å²) in [5.41, 5.74) is 2.60. The van der Waals surface area contributed by atoms with Crippen molar-refractivity contribution in [2.45, 2.75) is 86.6 Å². The Bertz CT molecular complexity index is 2940. The molecule has 0 saturated heterocycles. The van der Waals surface area contributed by atoms with Crippen LogP contribution in [0.15, 0.2) is 95.7 Å². The van der Waals surface area contributed by atoms with Crippen LogP contribution in [0.4, 0.5) is 0 Å². The largest absolute Gasteiger partial charge is 0.486 e. The number of nitrogens with zero attached hydrogens (tertiary/aromatic N) is 3. The number of benzene rings is 3. The maximum absolute atomic E-state index is 8.83. The molecule has 5 heteroatoms. The van der Waals surface area contributed by atoms with Gasteiger partial charge in [0.1, 0.15) is 0 Å². The second-order valence-corrected chi connectivity index (χ2v) is 14.0. The van der Waals surface area contributed by atoms with E-state index in [0.717, 1.165) is 12.8 Å². The fourth-order valence-corrected chi connectivity index (χ4v) is 6.45. The average molecular weight is 892 g/mol. The van der Waals surface area contributed by atoms with Gasteiger partial charge in [-0.15, -0.1) is 53.6 Å². The van der Waals surface area contributed by atoms with Gasteiger partial charge in [0.15, 0.2) is 0 Å². The molecule has 273 valence electrons. The monoisotopic (exact) mass is 892 g/mol. The smallest absolute Gasteiger partial charge is 0.216 e. The molecule has 0 atom stereocenters. The Morgan fingerprint density at radius 3 is 2.34 bits per heavy atom. The molecule has 0 aliphatic heterocycles. The molecule has 0 unspecified atom stereocenters. The van der Waals surface area contributed by atoms with E-state index in [1.807, 2.05) is 20.8 Å². The number of aromatic nitrogens is 3. The Balaban J connectivity index is 0.000000275. The number of pyridine rings is 3. The van der Waals surface area contributed by atoms with E-state index in [0.29, 0.717) is 51.6 Å². The van der Waals surface area contributed by atoms with Crippen molar-refractivity contribution in [1.82, 2.24) is 15.0 Å². The molecular formula is C48H49IrN3O-2. The van der Waals surface area contributed by atoms with Gasteiger partial charge in [-0.3, -0.25) is 0 Å². The minimum absolute atomic E-state index is 0. The molecule has 4 heterocycles. The SMILES string of the molecule is [2H]C([2H])([2H])c1c[c-]c(-c2ccc(C([2H])([2H])C(C)(C)C)cn2)cc1.[2H]C([2H])([2H])c1ccc2c(n1)oc1c(-c3cc(-c4ccc(C([2H])([2H])C5CCCC5)cc4C([2H])([2H])[2H])c(C([2H])([2H])[2H])cn3)[c-]ccc12.[Ir]. The maximum Gasteiger partial charge on any atom is 0.216 e. The number of hydrogen-bond acceptors (Lipinski definition) is 4. The second kappa shape index (κ2) is 16.3. The molecule has 0 N–H and O–H groups in total. The Morgan fingerprint density at radius 1 is 0.792 bits per heavy atom. The molecule has 4 nitrogen and oxygen atoms in total. The first-order chi connectivity index (χ1) is 31.4. The van der Waals surface area contributed by atoms with Crippen LogP contribution in [-0.4, -0.2) is 15.0 Å². The third-order valence-corrected chi connectivity index (χ3v) is 8.87. The fraction of sp³-hybridized carbons (Fsp3) is 0.312. The molecule has 53 heavy (non-hydrogen) atoms. The van der Waals surface area contributed by atoms with Crippen molar-refractivity contribution in [1.29, 1.82) is 0 Å². The minimum atomic E-state index is -2.68. The summed E-state index contributed by atoms with van der Waals surface area (Å²) < 4.78 is 135. The van der Waals surface area contributed by atoms with Gasteiger partial charge in [0.25, 0.3) is 0 Å². The van der Waals surface area contributed by atoms with E-state index in [1.54, 1.807) is 48.5 Å². The Hall–Kier alpha value is -4.44. The van der Waals surface area contributed by atoms with Gasteiger partial charge in [-0.25, -0.2) is 4.98 Å². The quantitative estimate of drug-likeness (QED) is 0.156. The predicted molar refractivity (Wildman–Crippen MR) is 215 cm³/mol. The van der Waals surface area contributed by atoms with Gasteiger partial charge in [-0.2, -0.15) is 0 Å². The molecule has 1 aliphatic carbocycles. The average Bonchev–Trinajstić information content (AvgIpc) is 3.94. The van der Waals surface area contributed by atoms with Crippen LogP contribution in [0.5, 0.6) is 0 Å². The van der Waals surface area contributed by atoms with Crippen LogP contribution >= 0.6 is 0 Å². The zero-order chi connectivity index (χ0) is 50.0. The van der Waals surface area contributed by atoms with Gasteiger partial charge in [0.05, 0.1) is 5.58 Å². The summed E-state index contributed by atoms with van der Waals surface area (Å²) in [6, 6.07) is 26.4. The second-order valence-electron chi connectivity index (χ2n) is 14.0. The zero-order valence-electron chi connectivity index (χ0n) is 45.6. The van der Waals surface area contributed by atoms with Crippen molar-refractivity contribution in [3.63, 3.8) is 0 Å². The third-order valence-electron chi connectivity index (χ3n) is 8.87. The molecular weight excluding hydrogens is 827 g/mol. The summed E-state index contributed by atoms with van der Waals surface area (Å²) in [6.45, 7) is -4.35. The maximum atomic E-state index is 8.83. The van der Waals surface area contributed by atoms with Gasteiger partial charge in [0.2, 0.25) is 5.71 Å².